The summed E-state index contributed by atoms with van der Waals surface area (Å²) in [5, 5.41) is 1.63. The maximum atomic E-state index is 2.52. The molecule has 1 aliphatic carbocycles. The molecule has 0 spiro atoms. The van der Waals surface area contributed by atoms with E-state index in [1.165, 1.54) is 5.57 Å². The summed E-state index contributed by atoms with van der Waals surface area (Å²) in [5.41, 5.74) is 7.77. The van der Waals surface area contributed by atoms with Crippen LogP contribution in [0.15, 0.2) is 24.3 Å². The van der Waals surface area contributed by atoms with Gasteiger partial charge in [-0.3, -0.25) is 0 Å². The Labute approximate surface area is 132 Å². The topological polar surface area (TPSA) is 0 Å². The van der Waals surface area contributed by atoms with Crippen LogP contribution < -0.4 is 5.19 Å². The Bertz CT molecular complexity index is 586. The molecule has 1 aliphatic rings. The molecule has 21 heavy (non-hydrogen) atoms. The van der Waals surface area contributed by atoms with Crippen LogP contribution in [0.25, 0.3) is 5.57 Å². The number of hydrogen-bond donors (Lipinski definition) is 0. The van der Waals surface area contributed by atoms with Crippen molar-refractivity contribution < 1.29 is 0 Å². The fraction of sp³-hybridized carbons (Fsp3) is 0.500. The molecule has 0 saturated carbocycles. The van der Waals surface area contributed by atoms with Crippen LogP contribution in [0.4, 0.5) is 0 Å². The van der Waals surface area contributed by atoms with Crippen LogP contribution >= 0.6 is 0 Å². The zero-order valence-corrected chi connectivity index (χ0v) is 15.7. The van der Waals surface area contributed by atoms with Gasteiger partial charge in [0.15, 0.2) is 0 Å². The highest BCUT2D eigenvalue weighted by Crippen LogP contribution is 2.37. The second kappa shape index (κ2) is 6.35. The van der Waals surface area contributed by atoms with Gasteiger partial charge >= 0.3 is 0 Å². The fourth-order valence-corrected chi connectivity index (χ4v) is 4.84. The van der Waals surface area contributed by atoms with Gasteiger partial charge in [0.25, 0.3) is 0 Å². The van der Waals surface area contributed by atoms with Gasteiger partial charge in [0.1, 0.15) is 0 Å². The summed E-state index contributed by atoms with van der Waals surface area (Å²) in [5.74, 6) is 1.17. The Hall–Kier alpha value is -1.08. The first-order chi connectivity index (χ1) is 9.84. The molecule has 0 heterocycles. The van der Waals surface area contributed by atoms with Crippen molar-refractivity contribution in [3.05, 3.63) is 46.5 Å². The molecule has 0 bridgehead atoms. The lowest BCUT2D eigenvalue weighted by Crippen LogP contribution is -2.29. The SMILES string of the molecule is Cc1c([Si](C)C)cc(C(C)C)c(C2=CC=CC2)c1C(C)C. The Morgan fingerprint density at radius 3 is 2.14 bits per heavy atom. The highest BCUT2D eigenvalue weighted by molar-refractivity contribution is 6.71. The highest BCUT2D eigenvalue weighted by atomic mass is 28.3. The first-order valence-corrected chi connectivity index (χ1v) is 10.7. The van der Waals surface area contributed by atoms with Crippen LogP contribution in [0.1, 0.15) is 68.2 Å². The molecule has 0 nitrogen and oxygen atoms in total. The molecular formula is C20H29Si. The molecule has 1 aromatic carbocycles. The minimum Gasteiger partial charge on any atom is -0.0801 e. The van der Waals surface area contributed by atoms with E-state index in [4.69, 9.17) is 0 Å². The van der Waals surface area contributed by atoms with Gasteiger partial charge < -0.3 is 0 Å². The van der Waals surface area contributed by atoms with Gasteiger partial charge in [-0.15, -0.1) is 0 Å². The van der Waals surface area contributed by atoms with E-state index in [0.717, 1.165) is 6.42 Å². The van der Waals surface area contributed by atoms with E-state index in [1.54, 1.807) is 27.4 Å². The van der Waals surface area contributed by atoms with Crippen LogP contribution in [0.2, 0.25) is 13.1 Å². The fourth-order valence-electron chi connectivity index (χ4n) is 3.51. The van der Waals surface area contributed by atoms with Crippen LogP contribution in [0.3, 0.4) is 0 Å². The van der Waals surface area contributed by atoms with Gasteiger partial charge in [-0.05, 0) is 53.0 Å². The van der Waals surface area contributed by atoms with Crippen LogP contribution in [0, 0.1) is 6.92 Å². The minimum atomic E-state index is -0.427. The van der Waals surface area contributed by atoms with Crippen molar-refractivity contribution in [1.82, 2.24) is 0 Å². The lowest BCUT2D eigenvalue weighted by atomic mass is 9.82. The zero-order chi connectivity index (χ0) is 15.7. The van der Waals surface area contributed by atoms with E-state index in [2.05, 4.69) is 72.0 Å². The van der Waals surface area contributed by atoms with Crippen LogP contribution in [-0.2, 0) is 0 Å². The number of hydrogen-bond acceptors (Lipinski definition) is 0. The molecule has 0 aromatic heterocycles. The maximum Gasteiger partial charge on any atom is 0.0795 e. The molecule has 2 rings (SSSR count). The second-order valence-corrected chi connectivity index (χ2v) is 9.60. The Morgan fingerprint density at radius 1 is 1.05 bits per heavy atom. The predicted octanol–water partition coefficient (Wildman–Crippen LogP) is 5.55. The summed E-state index contributed by atoms with van der Waals surface area (Å²) < 4.78 is 0. The number of rotatable bonds is 4. The van der Waals surface area contributed by atoms with Crippen molar-refractivity contribution in [3.8, 4) is 0 Å². The molecule has 1 radical (unpaired) electrons. The van der Waals surface area contributed by atoms with E-state index in [1.807, 2.05) is 0 Å². The summed E-state index contributed by atoms with van der Waals surface area (Å²) in [6.07, 6.45) is 7.90. The van der Waals surface area contributed by atoms with Crippen LogP contribution in [0.5, 0.6) is 0 Å². The summed E-state index contributed by atoms with van der Waals surface area (Å²) in [6.45, 7) is 16.5. The molecule has 0 unspecified atom stereocenters. The third kappa shape index (κ3) is 3.08. The molecular weight excluding hydrogens is 268 g/mol. The first kappa shape index (κ1) is 16.3. The predicted molar refractivity (Wildman–Crippen MR) is 98.2 cm³/mol. The number of allylic oxidation sites excluding steroid dienone is 4. The molecule has 1 heteroatoms. The normalized spacial score (nSPS) is 14.7. The summed E-state index contributed by atoms with van der Waals surface area (Å²) in [7, 11) is -0.427. The van der Waals surface area contributed by atoms with Crippen molar-refractivity contribution in [1.29, 1.82) is 0 Å². The van der Waals surface area contributed by atoms with E-state index < -0.39 is 8.80 Å². The van der Waals surface area contributed by atoms with E-state index in [-0.39, 0.29) is 0 Å². The van der Waals surface area contributed by atoms with Gasteiger partial charge in [0, 0.05) is 0 Å². The quantitative estimate of drug-likeness (QED) is 0.639. The first-order valence-electron chi connectivity index (χ1n) is 8.18. The molecule has 0 fully saturated rings. The van der Waals surface area contributed by atoms with Gasteiger partial charge in [0.05, 0.1) is 8.80 Å². The largest absolute Gasteiger partial charge is 0.0801 e. The van der Waals surface area contributed by atoms with Gasteiger partial charge in [0.2, 0.25) is 0 Å². The lowest BCUT2D eigenvalue weighted by molar-refractivity contribution is 0.821. The van der Waals surface area contributed by atoms with Crippen molar-refractivity contribution >= 4 is 19.6 Å². The molecule has 0 amide bonds. The zero-order valence-electron chi connectivity index (χ0n) is 14.7. The van der Waals surface area contributed by atoms with E-state index in [0.29, 0.717) is 11.8 Å². The Balaban J connectivity index is 2.79. The third-order valence-corrected chi connectivity index (χ3v) is 6.09. The Kier molecular flexibility index (Phi) is 4.93. The molecule has 0 N–H and O–H groups in total. The van der Waals surface area contributed by atoms with Crippen LogP contribution in [-0.4, -0.2) is 8.80 Å². The summed E-state index contributed by atoms with van der Waals surface area (Å²) >= 11 is 0. The average molecular weight is 298 g/mol. The van der Waals surface area contributed by atoms with Crippen molar-refractivity contribution in [3.63, 3.8) is 0 Å². The van der Waals surface area contributed by atoms with Gasteiger partial charge in [-0.1, -0.05) is 70.3 Å². The molecule has 1 aromatic rings. The Morgan fingerprint density at radius 2 is 1.71 bits per heavy atom. The van der Waals surface area contributed by atoms with Crippen molar-refractivity contribution in [2.24, 2.45) is 0 Å². The molecule has 0 aliphatic heterocycles. The molecule has 113 valence electrons. The minimum absolute atomic E-state index is 0.427. The van der Waals surface area contributed by atoms with Crippen molar-refractivity contribution in [2.45, 2.75) is 66.0 Å². The lowest BCUT2D eigenvalue weighted by Gasteiger charge is -2.26. The monoisotopic (exact) mass is 297 g/mol. The van der Waals surface area contributed by atoms with Gasteiger partial charge in [-0.2, -0.15) is 0 Å². The number of benzene rings is 1. The second-order valence-electron chi connectivity index (χ2n) is 7.06. The van der Waals surface area contributed by atoms with Crippen molar-refractivity contribution in [2.75, 3.05) is 0 Å². The molecule has 0 atom stereocenters. The standard InChI is InChI=1S/C20H29Si/c1-13(2)17-12-18(21(6)7)15(5)19(14(3)4)20(17)16-10-8-9-11-16/h8-10,12-14H,11H2,1-7H3. The smallest absolute Gasteiger partial charge is 0.0795 e. The third-order valence-electron chi connectivity index (χ3n) is 4.50. The summed E-state index contributed by atoms with van der Waals surface area (Å²) in [6, 6.07) is 2.52. The van der Waals surface area contributed by atoms with Gasteiger partial charge in [-0.25, -0.2) is 0 Å². The van der Waals surface area contributed by atoms with E-state index in [9.17, 15) is 0 Å². The molecule has 0 saturated heterocycles. The average Bonchev–Trinajstić information content (AvgIpc) is 2.90. The summed E-state index contributed by atoms with van der Waals surface area (Å²) in [4.78, 5) is 0. The van der Waals surface area contributed by atoms with E-state index >= 15 is 0 Å². The highest BCUT2D eigenvalue weighted by Gasteiger charge is 2.23. The maximum absolute atomic E-state index is 2.52.